The van der Waals surface area contributed by atoms with Gasteiger partial charge in [-0.05, 0) is 23.3 Å². The van der Waals surface area contributed by atoms with Crippen LogP contribution in [0, 0.1) is 22.7 Å². The molecule has 0 heterocycles. The van der Waals surface area contributed by atoms with Crippen molar-refractivity contribution in [2.45, 2.75) is 18.8 Å². The van der Waals surface area contributed by atoms with Gasteiger partial charge in [0.1, 0.15) is 0 Å². The van der Waals surface area contributed by atoms with Gasteiger partial charge in [-0.25, -0.2) is 0 Å². The van der Waals surface area contributed by atoms with Crippen LogP contribution in [-0.2, 0) is 0 Å². The first-order valence-corrected chi connectivity index (χ1v) is 6.21. The Balaban J connectivity index is 2.35. The van der Waals surface area contributed by atoms with Crippen molar-refractivity contribution in [1.29, 1.82) is 10.5 Å². The minimum absolute atomic E-state index is 0.0974. The van der Waals surface area contributed by atoms with E-state index in [2.05, 4.69) is 12.1 Å². The summed E-state index contributed by atoms with van der Waals surface area (Å²) in [7, 11) is 0. The molecule has 2 rings (SSSR count). The van der Waals surface area contributed by atoms with Crippen molar-refractivity contribution >= 4 is 0 Å². The lowest BCUT2D eigenvalue weighted by atomic mass is 9.83. The third kappa shape index (κ3) is 2.81. The Hall–Kier alpha value is -2.58. The smallest absolute Gasteiger partial charge is 0.0991 e. The van der Waals surface area contributed by atoms with Crippen LogP contribution in [0.2, 0.25) is 0 Å². The summed E-state index contributed by atoms with van der Waals surface area (Å²) >= 11 is 0. The molecule has 19 heavy (non-hydrogen) atoms. The summed E-state index contributed by atoms with van der Waals surface area (Å²) in [6, 6.07) is 21.8. The molecular formula is C17H14N2. The van der Waals surface area contributed by atoms with E-state index in [0.717, 1.165) is 11.1 Å². The zero-order chi connectivity index (χ0) is 13.7. The van der Waals surface area contributed by atoms with Crippen LogP contribution in [0.1, 0.15) is 35.4 Å². The van der Waals surface area contributed by atoms with Crippen molar-refractivity contribution in [3.05, 3.63) is 71.3 Å². The van der Waals surface area contributed by atoms with Crippen LogP contribution < -0.4 is 0 Å². The fourth-order valence-electron chi connectivity index (χ4n) is 2.23. The van der Waals surface area contributed by atoms with Gasteiger partial charge in [0.15, 0.2) is 0 Å². The van der Waals surface area contributed by atoms with E-state index in [1.54, 1.807) is 12.1 Å². The fraction of sp³-hybridized carbons (Fsp3) is 0.176. The number of benzene rings is 2. The average Bonchev–Trinajstić information content (AvgIpc) is 2.49. The highest BCUT2D eigenvalue weighted by atomic mass is 14.3. The second-order valence-electron chi connectivity index (χ2n) is 4.54. The lowest BCUT2D eigenvalue weighted by molar-refractivity contribution is 0.686. The third-order valence-electron chi connectivity index (χ3n) is 3.34. The largest absolute Gasteiger partial charge is 0.198 e. The predicted octanol–water partition coefficient (Wildman–Crippen LogP) is 3.97. The maximum atomic E-state index is 9.44. The van der Waals surface area contributed by atoms with Gasteiger partial charge in [0.2, 0.25) is 0 Å². The minimum Gasteiger partial charge on any atom is -0.198 e. The van der Waals surface area contributed by atoms with Crippen LogP contribution >= 0.6 is 0 Å². The molecule has 2 heteroatoms. The normalized spacial score (nSPS) is 13.0. The van der Waals surface area contributed by atoms with Crippen molar-refractivity contribution in [2.24, 2.45) is 0 Å². The molecule has 0 radical (unpaired) electrons. The molecule has 2 aromatic carbocycles. The quantitative estimate of drug-likeness (QED) is 0.822. The van der Waals surface area contributed by atoms with Crippen molar-refractivity contribution in [3.8, 4) is 12.1 Å². The van der Waals surface area contributed by atoms with E-state index in [-0.39, 0.29) is 11.8 Å². The number of nitriles is 2. The number of rotatable bonds is 3. The molecule has 92 valence electrons. The molecule has 0 bridgehead atoms. The minimum atomic E-state index is -0.240. The van der Waals surface area contributed by atoms with Gasteiger partial charge in [0.25, 0.3) is 0 Å². The molecule has 2 aromatic rings. The molecule has 0 amide bonds. The van der Waals surface area contributed by atoms with Gasteiger partial charge >= 0.3 is 0 Å². The van der Waals surface area contributed by atoms with Gasteiger partial charge < -0.3 is 0 Å². The van der Waals surface area contributed by atoms with Gasteiger partial charge in [-0.15, -0.1) is 0 Å². The highest BCUT2D eigenvalue weighted by Crippen LogP contribution is 2.32. The standard InChI is InChI=1S/C17H14N2/c1-13(15-7-3-2-4-8-15)17(12-19)16-9-5-6-14(10-16)11-18/h2-10,13,17H,1H3. The summed E-state index contributed by atoms with van der Waals surface area (Å²) in [5.41, 5.74) is 2.63. The first-order valence-electron chi connectivity index (χ1n) is 6.21. The van der Waals surface area contributed by atoms with Crippen molar-refractivity contribution in [2.75, 3.05) is 0 Å². The molecule has 0 N–H and O–H groups in total. The van der Waals surface area contributed by atoms with Gasteiger partial charge in [-0.2, -0.15) is 10.5 Å². The summed E-state index contributed by atoms with van der Waals surface area (Å²) in [5, 5.41) is 18.4. The topological polar surface area (TPSA) is 47.6 Å². The Morgan fingerprint density at radius 3 is 2.21 bits per heavy atom. The fourth-order valence-corrected chi connectivity index (χ4v) is 2.23. The highest BCUT2D eigenvalue weighted by molar-refractivity contribution is 5.39. The van der Waals surface area contributed by atoms with Crippen molar-refractivity contribution in [3.63, 3.8) is 0 Å². The first-order chi connectivity index (χ1) is 9.26. The summed E-state index contributed by atoms with van der Waals surface area (Å²) in [6.07, 6.45) is 0. The van der Waals surface area contributed by atoms with Crippen LogP contribution in [0.25, 0.3) is 0 Å². The summed E-state index contributed by atoms with van der Waals surface area (Å²) in [6.45, 7) is 2.04. The van der Waals surface area contributed by atoms with Crippen LogP contribution in [0.3, 0.4) is 0 Å². The summed E-state index contributed by atoms with van der Waals surface area (Å²) < 4.78 is 0. The molecular weight excluding hydrogens is 232 g/mol. The lowest BCUT2D eigenvalue weighted by Gasteiger charge is -2.18. The van der Waals surface area contributed by atoms with E-state index in [9.17, 15) is 5.26 Å². The van der Waals surface area contributed by atoms with Gasteiger partial charge in [0.05, 0.1) is 23.6 Å². The number of hydrogen-bond acceptors (Lipinski definition) is 2. The molecule has 0 saturated heterocycles. The van der Waals surface area contributed by atoms with E-state index in [1.165, 1.54) is 0 Å². The van der Waals surface area contributed by atoms with E-state index in [4.69, 9.17) is 5.26 Å². The molecule has 0 aliphatic rings. The second-order valence-corrected chi connectivity index (χ2v) is 4.54. The zero-order valence-corrected chi connectivity index (χ0v) is 10.7. The first kappa shape index (κ1) is 12.9. The summed E-state index contributed by atoms with van der Waals surface area (Å²) in [5.74, 6) is -0.143. The van der Waals surface area contributed by atoms with Gasteiger partial charge in [0, 0.05) is 5.92 Å². The monoisotopic (exact) mass is 246 g/mol. The van der Waals surface area contributed by atoms with E-state index in [1.807, 2.05) is 49.4 Å². The zero-order valence-electron chi connectivity index (χ0n) is 10.7. The van der Waals surface area contributed by atoms with Crippen molar-refractivity contribution in [1.82, 2.24) is 0 Å². The molecule has 0 aromatic heterocycles. The average molecular weight is 246 g/mol. The van der Waals surface area contributed by atoms with Crippen molar-refractivity contribution < 1.29 is 0 Å². The Morgan fingerprint density at radius 1 is 0.895 bits per heavy atom. The third-order valence-corrected chi connectivity index (χ3v) is 3.34. The second kappa shape index (κ2) is 5.85. The maximum Gasteiger partial charge on any atom is 0.0991 e. The molecule has 0 saturated carbocycles. The van der Waals surface area contributed by atoms with E-state index in [0.29, 0.717) is 5.56 Å². The summed E-state index contributed by atoms with van der Waals surface area (Å²) in [4.78, 5) is 0. The van der Waals surface area contributed by atoms with Gasteiger partial charge in [-0.1, -0.05) is 49.4 Å². The van der Waals surface area contributed by atoms with Crippen LogP contribution in [0.15, 0.2) is 54.6 Å². The molecule has 0 fully saturated rings. The molecule has 2 atom stereocenters. The highest BCUT2D eigenvalue weighted by Gasteiger charge is 2.20. The maximum absolute atomic E-state index is 9.44. The number of hydrogen-bond donors (Lipinski definition) is 0. The Morgan fingerprint density at radius 2 is 1.58 bits per heavy atom. The molecule has 0 aliphatic carbocycles. The van der Waals surface area contributed by atoms with Gasteiger partial charge in [-0.3, -0.25) is 0 Å². The molecule has 2 unspecified atom stereocenters. The van der Waals surface area contributed by atoms with Crippen LogP contribution in [-0.4, -0.2) is 0 Å². The SMILES string of the molecule is CC(c1ccccc1)C(C#N)c1cccc(C#N)c1. The Bertz CT molecular complexity index is 632. The Kier molecular flexibility index (Phi) is 3.96. The molecule has 0 spiro atoms. The van der Waals surface area contributed by atoms with Crippen LogP contribution in [0.4, 0.5) is 0 Å². The van der Waals surface area contributed by atoms with E-state index < -0.39 is 0 Å². The molecule has 2 nitrogen and oxygen atoms in total. The predicted molar refractivity (Wildman–Crippen MR) is 74.4 cm³/mol. The number of nitrogens with zero attached hydrogens (tertiary/aromatic N) is 2. The van der Waals surface area contributed by atoms with E-state index >= 15 is 0 Å². The molecule has 0 aliphatic heterocycles. The van der Waals surface area contributed by atoms with Crippen LogP contribution in [0.5, 0.6) is 0 Å². The Labute approximate surface area is 113 Å². The lowest BCUT2D eigenvalue weighted by Crippen LogP contribution is -2.06.